The number of fused-ring (bicyclic) bond motifs is 1. The third kappa shape index (κ3) is 6.06. The maximum atomic E-state index is 13.0. The summed E-state index contributed by atoms with van der Waals surface area (Å²) in [6.45, 7) is 6.03. The number of benzene rings is 1. The molecule has 0 radical (unpaired) electrons. The number of rotatable bonds is 8. The monoisotopic (exact) mass is 500 g/mol. The van der Waals surface area contributed by atoms with Gasteiger partial charge in [-0.05, 0) is 63.5 Å². The molecule has 0 N–H and O–H groups in total. The Hall–Kier alpha value is -1.80. The number of carbonyl (C=O) groups excluding carboxylic acids is 2. The number of aromatic nitrogens is 2. The van der Waals surface area contributed by atoms with E-state index in [0.717, 1.165) is 72.7 Å². The second-order valence-electron chi connectivity index (χ2n) is 9.19. The molecule has 34 heavy (non-hydrogen) atoms. The number of likely N-dealkylation sites (tertiary alicyclic amines) is 2. The van der Waals surface area contributed by atoms with Gasteiger partial charge in [0.1, 0.15) is 10.1 Å². The Kier molecular flexibility index (Phi) is 9.11. The Morgan fingerprint density at radius 1 is 0.794 bits per heavy atom. The van der Waals surface area contributed by atoms with Crippen molar-refractivity contribution in [2.24, 2.45) is 0 Å². The zero-order valence-corrected chi connectivity index (χ0v) is 22.0. The van der Waals surface area contributed by atoms with E-state index in [9.17, 15) is 9.59 Å². The fraction of sp³-hybridized carbons (Fsp3) is 0.615. The zero-order valence-electron chi connectivity index (χ0n) is 20.4. The molecule has 6 nitrogen and oxygen atoms in total. The van der Waals surface area contributed by atoms with Crippen LogP contribution in [0.5, 0.6) is 0 Å². The van der Waals surface area contributed by atoms with Gasteiger partial charge in [0.2, 0.25) is 11.8 Å². The van der Waals surface area contributed by atoms with Crippen molar-refractivity contribution in [3.63, 3.8) is 0 Å². The van der Waals surface area contributed by atoms with Gasteiger partial charge in [0.05, 0.1) is 22.5 Å². The van der Waals surface area contributed by atoms with Gasteiger partial charge in [0.15, 0.2) is 0 Å². The number of para-hydroxylation sites is 2. The highest BCUT2D eigenvalue weighted by Gasteiger charge is 2.27. The van der Waals surface area contributed by atoms with Gasteiger partial charge >= 0.3 is 0 Å². The van der Waals surface area contributed by atoms with Gasteiger partial charge in [0.25, 0.3) is 0 Å². The molecule has 2 aliphatic rings. The summed E-state index contributed by atoms with van der Waals surface area (Å²) in [6.07, 6.45) is 8.78. The van der Waals surface area contributed by atoms with Crippen LogP contribution in [0.3, 0.4) is 0 Å². The van der Waals surface area contributed by atoms with E-state index in [1.165, 1.54) is 36.4 Å². The van der Waals surface area contributed by atoms with E-state index in [2.05, 4.69) is 23.6 Å². The standard InChI is InChI=1S/C26H36N4O2S2/c1-3-19-11-7-9-15-29(19)23(31)17-33-25-26(28-22-14-6-5-13-21(22)27-25)34-18-24(32)30-16-10-8-12-20(30)4-2/h5-6,13-14,19-20H,3-4,7-12,15-18H2,1-2H3. The molecule has 4 rings (SSSR count). The van der Waals surface area contributed by atoms with Gasteiger partial charge < -0.3 is 9.80 Å². The van der Waals surface area contributed by atoms with Crippen molar-refractivity contribution in [1.82, 2.24) is 19.8 Å². The minimum Gasteiger partial charge on any atom is -0.339 e. The Labute approximate surface area is 211 Å². The minimum atomic E-state index is 0.178. The second kappa shape index (κ2) is 12.2. The molecule has 0 saturated carbocycles. The largest absolute Gasteiger partial charge is 0.339 e. The number of carbonyl (C=O) groups is 2. The maximum absolute atomic E-state index is 13.0. The molecule has 8 heteroatoms. The SMILES string of the molecule is CCC1CCCCN1C(=O)CSc1nc2ccccc2nc1SCC(=O)N1CCCCC1CC. The highest BCUT2D eigenvalue weighted by atomic mass is 32.2. The van der Waals surface area contributed by atoms with Crippen molar-refractivity contribution in [1.29, 1.82) is 0 Å². The lowest BCUT2D eigenvalue weighted by molar-refractivity contribution is -0.132. The first kappa shape index (κ1) is 25.3. The molecule has 2 amide bonds. The summed E-state index contributed by atoms with van der Waals surface area (Å²) >= 11 is 2.92. The number of nitrogens with zero attached hydrogens (tertiary/aromatic N) is 4. The summed E-state index contributed by atoms with van der Waals surface area (Å²) in [7, 11) is 0. The molecule has 1 aromatic carbocycles. The smallest absolute Gasteiger partial charge is 0.233 e. The molecule has 0 spiro atoms. The van der Waals surface area contributed by atoms with Crippen LogP contribution in [0.4, 0.5) is 0 Å². The first-order valence-corrected chi connectivity index (χ1v) is 14.7. The van der Waals surface area contributed by atoms with E-state index in [1.807, 2.05) is 24.3 Å². The fourth-order valence-electron chi connectivity index (χ4n) is 5.09. The molecule has 3 heterocycles. The van der Waals surface area contributed by atoms with Crippen LogP contribution in [0.15, 0.2) is 34.3 Å². The number of hydrogen-bond acceptors (Lipinski definition) is 6. The molecular weight excluding hydrogens is 464 g/mol. The van der Waals surface area contributed by atoms with E-state index in [-0.39, 0.29) is 11.8 Å². The van der Waals surface area contributed by atoms with Crippen molar-refractivity contribution in [3.05, 3.63) is 24.3 Å². The van der Waals surface area contributed by atoms with Crippen molar-refractivity contribution in [3.8, 4) is 0 Å². The third-order valence-corrected chi connectivity index (χ3v) is 9.04. The number of amides is 2. The molecular formula is C26H36N4O2S2. The highest BCUT2D eigenvalue weighted by molar-refractivity contribution is 8.02. The van der Waals surface area contributed by atoms with Crippen LogP contribution in [-0.4, -0.2) is 68.3 Å². The Morgan fingerprint density at radius 2 is 1.24 bits per heavy atom. The zero-order chi connectivity index (χ0) is 23.9. The lowest BCUT2D eigenvalue weighted by atomic mass is 10.0. The molecule has 184 valence electrons. The predicted molar refractivity (Wildman–Crippen MR) is 140 cm³/mol. The van der Waals surface area contributed by atoms with E-state index in [1.54, 1.807) is 0 Å². The van der Waals surface area contributed by atoms with Crippen molar-refractivity contribution in [2.75, 3.05) is 24.6 Å². The Bertz CT molecular complexity index is 923. The first-order chi connectivity index (χ1) is 16.6. The van der Waals surface area contributed by atoms with Crippen LogP contribution in [-0.2, 0) is 9.59 Å². The summed E-state index contributed by atoms with van der Waals surface area (Å²) in [5.41, 5.74) is 1.64. The topological polar surface area (TPSA) is 66.4 Å². The van der Waals surface area contributed by atoms with Crippen LogP contribution in [0, 0.1) is 0 Å². The molecule has 2 atom stereocenters. The molecule has 2 saturated heterocycles. The second-order valence-corrected chi connectivity index (χ2v) is 11.1. The molecule has 2 aromatic rings. The lowest BCUT2D eigenvalue weighted by Gasteiger charge is -2.35. The van der Waals surface area contributed by atoms with Crippen molar-refractivity contribution < 1.29 is 9.59 Å². The minimum absolute atomic E-state index is 0.178. The molecule has 2 unspecified atom stereocenters. The predicted octanol–water partition coefficient (Wildman–Crippen LogP) is 5.40. The van der Waals surface area contributed by atoms with E-state index in [4.69, 9.17) is 9.97 Å². The molecule has 0 aliphatic carbocycles. The molecule has 2 fully saturated rings. The number of hydrogen-bond donors (Lipinski definition) is 0. The fourth-order valence-corrected chi connectivity index (χ4v) is 6.96. The van der Waals surface area contributed by atoms with E-state index >= 15 is 0 Å². The summed E-state index contributed by atoms with van der Waals surface area (Å²) in [5.74, 6) is 1.07. The van der Waals surface area contributed by atoms with Gasteiger partial charge in [-0.1, -0.05) is 49.5 Å². The van der Waals surface area contributed by atoms with Gasteiger partial charge in [-0.3, -0.25) is 9.59 Å². The van der Waals surface area contributed by atoms with Gasteiger partial charge in [-0.15, -0.1) is 0 Å². The average Bonchev–Trinajstić information content (AvgIpc) is 2.89. The molecule has 2 aliphatic heterocycles. The number of thioether (sulfide) groups is 2. The average molecular weight is 501 g/mol. The van der Waals surface area contributed by atoms with Crippen LogP contribution in [0.2, 0.25) is 0 Å². The van der Waals surface area contributed by atoms with Gasteiger partial charge in [0, 0.05) is 25.2 Å². The van der Waals surface area contributed by atoms with Crippen LogP contribution in [0.1, 0.15) is 65.2 Å². The summed E-state index contributed by atoms with van der Waals surface area (Å²) < 4.78 is 0. The Balaban J connectivity index is 1.47. The summed E-state index contributed by atoms with van der Waals surface area (Å²) in [4.78, 5) is 39.9. The third-order valence-electron chi connectivity index (χ3n) is 7.01. The summed E-state index contributed by atoms with van der Waals surface area (Å²) in [5, 5.41) is 1.50. The van der Waals surface area contributed by atoms with Crippen LogP contribution in [0.25, 0.3) is 11.0 Å². The van der Waals surface area contributed by atoms with Crippen LogP contribution >= 0.6 is 23.5 Å². The van der Waals surface area contributed by atoms with Crippen molar-refractivity contribution >= 4 is 46.4 Å². The number of piperidine rings is 2. The highest BCUT2D eigenvalue weighted by Crippen LogP contribution is 2.31. The van der Waals surface area contributed by atoms with E-state index < -0.39 is 0 Å². The first-order valence-electron chi connectivity index (χ1n) is 12.7. The maximum Gasteiger partial charge on any atom is 0.233 e. The van der Waals surface area contributed by atoms with Gasteiger partial charge in [-0.25, -0.2) is 9.97 Å². The lowest BCUT2D eigenvalue weighted by Crippen LogP contribution is -2.44. The van der Waals surface area contributed by atoms with Crippen LogP contribution < -0.4 is 0 Å². The van der Waals surface area contributed by atoms with Gasteiger partial charge in [-0.2, -0.15) is 0 Å². The molecule has 1 aromatic heterocycles. The molecule has 0 bridgehead atoms. The van der Waals surface area contributed by atoms with Crippen molar-refractivity contribution in [2.45, 2.75) is 87.3 Å². The Morgan fingerprint density at radius 3 is 1.65 bits per heavy atom. The quantitative estimate of drug-likeness (QED) is 0.453. The van der Waals surface area contributed by atoms with E-state index in [0.29, 0.717) is 23.6 Å². The normalized spacial score (nSPS) is 21.1. The summed E-state index contributed by atoms with van der Waals surface area (Å²) in [6, 6.07) is 8.51.